The summed E-state index contributed by atoms with van der Waals surface area (Å²) in [7, 11) is 0. The van der Waals surface area contributed by atoms with Gasteiger partial charge in [-0.1, -0.05) is 26.7 Å². The van der Waals surface area contributed by atoms with Crippen LogP contribution in [0.2, 0.25) is 0 Å². The fourth-order valence-electron chi connectivity index (χ4n) is 3.65. The van der Waals surface area contributed by atoms with E-state index in [9.17, 15) is 9.59 Å². The van der Waals surface area contributed by atoms with Crippen LogP contribution in [0.25, 0.3) is 0 Å². The predicted octanol–water partition coefficient (Wildman–Crippen LogP) is 1.94. The summed E-state index contributed by atoms with van der Waals surface area (Å²) in [6, 6.07) is 0. The van der Waals surface area contributed by atoms with Gasteiger partial charge in [0.2, 0.25) is 11.8 Å². The minimum absolute atomic E-state index is 0.0106. The molecule has 4 heteroatoms. The molecule has 0 spiro atoms. The van der Waals surface area contributed by atoms with E-state index in [4.69, 9.17) is 0 Å². The summed E-state index contributed by atoms with van der Waals surface area (Å²) >= 11 is 0. The zero-order valence-corrected chi connectivity index (χ0v) is 12.2. The molecule has 0 radical (unpaired) electrons. The first-order valence-corrected chi connectivity index (χ1v) is 7.60. The maximum Gasteiger partial charge on any atom is 0.239 e. The molecule has 1 saturated carbocycles. The minimum atomic E-state index is -0.182. The smallest absolute Gasteiger partial charge is 0.239 e. The van der Waals surface area contributed by atoms with Crippen molar-refractivity contribution in [2.24, 2.45) is 11.3 Å². The Kier molecular flexibility index (Phi) is 4.48. The van der Waals surface area contributed by atoms with Gasteiger partial charge in [0.05, 0.1) is 6.54 Å². The second kappa shape index (κ2) is 5.93. The summed E-state index contributed by atoms with van der Waals surface area (Å²) in [5.74, 6) is 0.752. The van der Waals surface area contributed by atoms with E-state index in [1.54, 1.807) is 4.90 Å². The molecule has 2 rings (SSSR count). The van der Waals surface area contributed by atoms with Crippen molar-refractivity contribution in [1.82, 2.24) is 10.2 Å². The maximum atomic E-state index is 12.9. The van der Waals surface area contributed by atoms with Crippen LogP contribution >= 0.6 is 0 Å². The Morgan fingerprint density at radius 1 is 1.32 bits per heavy atom. The summed E-state index contributed by atoms with van der Waals surface area (Å²) in [5.41, 5.74) is -0.182. The molecule has 1 heterocycles. The third-order valence-corrected chi connectivity index (χ3v) is 4.36. The number of nitrogens with zero attached hydrogens (tertiary/aromatic N) is 1. The van der Waals surface area contributed by atoms with Gasteiger partial charge in [-0.2, -0.15) is 0 Å². The van der Waals surface area contributed by atoms with Crippen LogP contribution in [0.3, 0.4) is 0 Å². The normalized spacial score (nSPS) is 23.3. The molecule has 1 aliphatic carbocycles. The number of amides is 2. The van der Waals surface area contributed by atoms with Crippen molar-refractivity contribution in [2.75, 3.05) is 19.6 Å². The lowest BCUT2D eigenvalue weighted by molar-refractivity contribution is -0.145. The molecule has 2 amide bonds. The van der Waals surface area contributed by atoms with Crippen LogP contribution < -0.4 is 5.32 Å². The Bertz CT molecular complexity index is 346. The lowest BCUT2D eigenvalue weighted by atomic mass is 9.77. The van der Waals surface area contributed by atoms with Crippen LogP contribution in [-0.4, -0.2) is 36.3 Å². The van der Waals surface area contributed by atoms with Gasteiger partial charge in [0.25, 0.3) is 0 Å². The lowest BCUT2D eigenvalue weighted by Crippen LogP contribution is -2.46. The summed E-state index contributed by atoms with van der Waals surface area (Å²) in [6.07, 6.45) is 6.14. The van der Waals surface area contributed by atoms with Crippen molar-refractivity contribution in [1.29, 1.82) is 0 Å². The molecule has 0 bridgehead atoms. The monoisotopic (exact) mass is 266 g/mol. The summed E-state index contributed by atoms with van der Waals surface area (Å²) in [6.45, 7) is 6.03. The molecule has 4 nitrogen and oxygen atoms in total. The topological polar surface area (TPSA) is 49.4 Å². The van der Waals surface area contributed by atoms with Gasteiger partial charge in [-0.05, 0) is 31.6 Å². The molecule has 2 fully saturated rings. The zero-order valence-electron chi connectivity index (χ0n) is 12.2. The highest BCUT2D eigenvalue weighted by Gasteiger charge is 2.44. The van der Waals surface area contributed by atoms with Crippen molar-refractivity contribution >= 4 is 11.8 Å². The average Bonchev–Trinajstić information content (AvgIpc) is 2.70. The number of rotatable bonds is 3. The molecule has 0 aromatic carbocycles. The van der Waals surface area contributed by atoms with Gasteiger partial charge in [-0.15, -0.1) is 0 Å². The molecule has 0 aromatic heterocycles. The molecule has 1 saturated heterocycles. The average molecular weight is 266 g/mol. The van der Waals surface area contributed by atoms with Gasteiger partial charge in [-0.25, -0.2) is 0 Å². The fourth-order valence-corrected chi connectivity index (χ4v) is 3.65. The Labute approximate surface area is 115 Å². The van der Waals surface area contributed by atoms with E-state index in [-0.39, 0.29) is 23.8 Å². The number of nitrogens with one attached hydrogen (secondary N) is 1. The molecule has 0 atom stereocenters. The zero-order chi connectivity index (χ0) is 13.9. The van der Waals surface area contributed by atoms with Crippen molar-refractivity contribution < 1.29 is 9.59 Å². The molecule has 2 aliphatic rings. The SMILES string of the molecule is CC(C)CC1(C(=O)N2CCCNC(=O)C2)CCCC1. The molecule has 1 aliphatic heterocycles. The first kappa shape index (κ1) is 14.4. The fraction of sp³-hybridized carbons (Fsp3) is 0.867. The van der Waals surface area contributed by atoms with Crippen LogP contribution in [0.1, 0.15) is 52.4 Å². The van der Waals surface area contributed by atoms with E-state index in [0.717, 1.165) is 45.1 Å². The van der Waals surface area contributed by atoms with Gasteiger partial charge in [0.15, 0.2) is 0 Å². The van der Waals surface area contributed by atoms with Gasteiger partial charge < -0.3 is 10.2 Å². The summed E-state index contributed by atoms with van der Waals surface area (Å²) in [4.78, 5) is 26.3. The molecule has 0 aromatic rings. The Morgan fingerprint density at radius 3 is 2.63 bits per heavy atom. The van der Waals surface area contributed by atoms with E-state index in [1.165, 1.54) is 0 Å². The van der Waals surface area contributed by atoms with Crippen LogP contribution in [-0.2, 0) is 9.59 Å². The highest BCUT2D eigenvalue weighted by atomic mass is 16.2. The molecule has 0 unspecified atom stereocenters. The van der Waals surface area contributed by atoms with Crippen molar-refractivity contribution in [2.45, 2.75) is 52.4 Å². The molecule has 108 valence electrons. The minimum Gasteiger partial charge on any atom is -0.354 e. The highest BCUT2D eigenvalue weighted by Crippen LogP contribution is 2.44. The van der Waals surface area contributed by atoms with E-state index in [1.807, 2.05) is 0 Å². The third-order valence-electron chi connectivity index (χ3n) is 4.36. The van der Waals surface area contributed by atoms with Gasteiger partial charge in [0.1, 0.15) is 0 Å². The van der Waals surface area contributed by atoms with Gasteiger partial charge >= 0.3 is 0 Å². The Morgan fingerprint density at radius 2 is 2.00 bits per heavy atom. The van der Waals surface area contributed by atoms with Crippen LogP contribution in [0.4, 0.5) is 0 Å². The van der Waals surface area contributed by atoms with E-state index >= 15 is 0 Å². The van der Waals surface area contributed by atoms with Gasteiger partial charge in [-0.3, -0.25) is 9.59 Å². The van der Waals surface area contributed by atoms with Gasteiger partial charge in [0, 0.05) is 18.5 Å². The number of hydrogen-bond donors (Lipinski definition) is 1. The standard InChI is InChI=1S/C15H26N2O2/c1-12(2)10-15(6-3-4-7-15)14(19)17-9-5-8-16-13(18)11-17/h12H,3-11H2,1-2H3,(H,16,18). The van der Waals surface area contributed by atoms with Crippen LogP contribution in [0.5, 0.6) is 0 Å². The van der Waals surface area contributed by atoms with Crippen LogP contribution in [0, 0.1) is 11.3 Å². The van der Waals surface area contributed by atoms with E-state index in [2.05, 4.69) is 19.2 Å². The van der Waals surface area contributed by atoms with E-state index in [0.29, 0.717) is 12.5 Å². The lowest BCUT2D eigenvalue weighted by Gasteiger charge is -2.34. The predicted molar refractivity (Wildman–Crippen MR) is 74.6 cm³/mol. The molecular formula is C15H26N2O2. The highest BCUT2D eigenvalue weighted by molar-refractivity contribution is 5.88. The molecule has 19 heavy (non-hydrogen) atoms. The second-order valence-electron chi connectivity index (χ2n) is 6.52. The van der Waals surface area contributed by atoms with Crippen molar-refractivity contribution in [3.63, 3.8) is 0 Å². The second-order valence-corrected chi connectivity index (χ2v) is 6.52. The largest absolute Gasteiger partial charge is 0.354 e. The molecule has 1 N–H and O–H groups in total. The Hall–Kier alpha value is -1.06. The number of carbonyl (C=O) groups excluding carboxylic acids is 2. The Balaban J connectivity index is 2.12. The van der Waals surface area contributed by atoms with Crippen molar-refractivity contribution in [3.8, 4) is 0 Å². The maximum absolute atomic E-state index is 12.9. The third kappa shape index (κ3) is 3.28. The van der Waals surface area contributed by atoms with Crippen LogP contribution in [0.15, 0.2) is 0 Å². The number of hydrogen-bond acceptors (Lipinski definition) is 2. The van der Waals surface area contributed by atoms with E-state index < -0.39 is 0 Å². The number of carbonyl (C=O) groups is 2. The first-order valence-electron chi connectivity index (χ1n) is 7.60. The molecular weight excluding hydrogens is 240 g/mol. The summed E-state index contributed by atoms with van der Waals surface area (Å²) < 4.78 is 0. The quantitative estimate of drug-likeness (QED) is 0.848. The first-order chi connectivity index (χ1) is 9.03. The summed E-state index contributed by atoms with van der Waals surface area (Å²) in [5, 5.41) is 2.84. The van der Waals surface area contributed by atoms with Crippen molar-refractivity contribution in [3.05, 3.63) is 0 Å².